The van der Waals surface area contributed by atoms with E-state index in [1.807, 2.05) is 19.9 Å². The molecule has 0 saturated heterocycles. The van der Waals surface area contributed by atoms with Crippen LogP contribution in [0.2, 0.25) is 5.15 Å². The molecule has 6 heteroatoms. The van der Waals surface area contributed by atoms with Crippen LogP contribution in [0.25, 0.3) is 0 Å². The van der Waals surface area contributed by atoms with Crippen molar-refractivity contribution in [3.8, 4) is 0 Å². The van der Waals surface area contributed by atoms with Crippen LogP contribution >= 0.6 is 11.6 Å². The Labute approximate surface area is 111 Å². The third-order valence-corrected chi connectivity index (χ3v) is 2.90. The Balaban J connectivity index is 2.16. The number of hydrogen-bond acceptors (Lipinski definition) is 5. The van der Waals surface area contributed by atoms with Gasteiger partial charge >= 0.3 is 0 Å². The van der Waals surface area contributed by atoms with Crippen LogP contribution < -0.4 is 5.32 Å². The molecule has 0 saturated carbocycles. The standard InChI is InChI=1S/C12H14ClN5/c1-3-10-17-11(13)8(2)12(18-10)15-6-9-4-5-14-7-16-9/h4-5,7H,3,6H2,1-2H3,(H,15,17,18). The van der Waals surface area contributed by atoms with Gasteiger partial charge in [-0.2, -0.15) is 0 Å². The summed E-state index contributed by atoms with van der Waals surface area (Å²) in [6.07, 6.45) is 3.98. The Hall–Kier alpha value is -1.75. The van der Waals surface area contributed by atoms with Gasteiger partial charge in [-0.3, -0.25) is 0 Å². The first kappa shape index (κ1) is 12.7. The molecule has 0 amide bonds. The van der Waals surface area contributed by atoms with Crippen molar-refractivity contribution in [3.05, 3.63) is 40.8 Å². The molecule has 0 spiro atoms. The minimum absolute atomic E-state index is 0.493. The zero-order chi connectivity index (χ0) is 13.0. The van der Waals surface area contributed by atoms with E-state index >= 15 is 0 Å². The van der Waals surface area contributed by atoms with Crippen LogP contribution in [0, 0.1) is 6.92 Å². The largest absolute Gasteiger partial charge is 0.364 e. The maximum atomic E-state index is 6.06. The molecule has 0 atom stereocenters. The number of hydrogen-bond donors (Lipinski definition) is 1. The monoisotopic (exact) mass is 263 g/mol. The van der Waals surface area contributed by atoms with Crippen molar-refractivity contribution in [1.82, 2.24) is 19.9 Å². The van der Waals surface area contributed by atoms with Crippen molar-refractivity contribution in [3.63, 3.8) is 0 Å². The molecule has 2 aromatic heterocycles. The molecular formula is C12H14ClN5. The van der Waals surface area contributed by atoms with Crippen LogP contribution in [-0.4, -0.2) is 19.9 Å². The number of nitrogens with zero attached hydrogens (tertiary/aromatic N) is 4. The molecule has 94 valence electrons. The Morgan fingerprint density at radius 1 is 1.33 bits per heavy atom. The highest BCUT2D eigenvalue weighted by Crippen LogP contribution is 2.20. The lowest BCUT2D eigenvalue weighted by molar-refractivity contribution is 0.915. The summed E-state index contributed by atoms with van der Waals surface area (Å²) < 4.78 is 0. The van der Waals surface area contributed by atoms with Crippen LogP contribution in [0.4, 0.5) is 5.82 Å². The van der Waals surface area contributed by atoms with E-state index < -0.39 is 0 Å². The van der Waals surface area contributed by atoms with Gasteiger partial charge in [-0.1, -0.05) is 18.5 Å². The summed E-state index contributed by atoms with van der Waals surface area (Å²) >= 11 is 6.06. The zero-order valence-corrected chi connectivity index (χ0v) is 11.1. The van der Waals surface area contributed by atoms with Crippen molar-refractivity contribution in [1.29, 1.82) is 0 Å². The molecule has 0 aliphatic heterocycles. The van der Waals surface area contributed by atoms with Crippen molar-refractivity contribution >= 4 is 17.4 Å². The van der Waals surface area contributed by atoms with Crippen molar-refractivity contribution in [2.24, 2.45) is 0 Å². The molecule has 18 heavy (non-hydrogen) atoms. The molecule has 0 radical (unpaired) electrons. The third kappa shape index (κ3) is 2.92. The number of nitrogens with one attached hydrogen (secondary N) is 1. The average molecular weight is 264 g/mol. The first-order chi connectivity index (χ1) is 8.70. The minimum Gasteiger partial charge on any atom is -0.364 e. The topological polar surface area (TPSA) is 63.6 Å². The fraction of sp³-hybridized carbons (Fsp3) is 0.333. The van der Waals surface area contributed by atoms with Gasteiger partial charge in [0.25, 0.3) is 0 Å². The second-order valence-electron chi connectivity index (χ2n) is 3.81. The molecule has 0 aliphatic carbocycles. The number of aryl methyl sites for hydroxylation is 1. The van der Waals surface area contributed by atoms with Crippen LogP contribution in [0.15, 0.2) is 18.6 Å². The number of halogens is 1. The second kappa shape index (κ2) is 5.73. The molecule has 5 nitrogen and oxygen atoms in total. The number of rotatable bonds is 4. The van der Waals surface area contributed by atoms with E-state index in [-0.39, 0.29) is 0 Å². The lowest BCUT2D eigenvalue weighted by atomic mass is 10.3. The van der Waals surface area contributed by atoms with Crippen LogP contribution in [-0.2, 0) is 13.0 Å². The van der Waals surface area contributed by atoms with Crippen LogP contribution in [0.5, 0.6) is 0 Å². The normalized spacial score (nSPS) is 10.4. The van der Waals surface area contributed by atoms with Gasteiger partial charge in [0.2, 0.25) is 0 Å². The maximum Gasteiger partial charge on any atom is 0.137 e. The van der Waals surface area contributed by atoms with E-state index in [4.69, 9.17) is 11.6 Å². The van der Waals surface area contributed by atoms with Gasteiger partial charge in [0, 0.05) is 18.2 Å². The summed E-state index contributed by atoms with van der Waals surface area (Å²) in [5, 5.41) is 3.71. The molecule has 0 bridgehead atoms. The van der Waals surface area contributed by atoms with E-state index in [1.54, 1.807) is 6.20 Å². The first-order valence-corrected chi connectivity index (χ1v) is 6.10. The summed E-state index contributed by atoms with van der Waals surface area (Å²) in [6, 6.07) is 1.85. The summed E-state index contributed by atoms with van der Waals surface area (Å²) in [5.74, 6) is 1.49. The molecule has 2 aromatic rings. The molecule has 2 heterocycles. The lowest BCUT2D eigenvalue weighted by Gasteiger charge is -2.10. The predicted octanol–water partition coefficient (Wildman–Crippen LogP) is 2.40. The Kier molecular flexibility index (Phi) is 4.04. The van der Waals surface area contributed by atoms with E-state index in [0.717, 1.165) is 29.3 Å². The first-order valence-electron chi connectivity index (χ1n) is 5.72. The average Bonchev–Trinajstić information content (AvgIpc) is 2.41. The van der Waals surface area contributed by atoms with E-state index in [2.05, 4.69) is 25.3 Å². The fourth-order valence-electron chi connectivity index (χ4n) is 1.46. The molecule has 1 N–H and O–H groups in total. The number of aromatic nitrogens is 4. The van der Waals surface area contributed by atoms with Gasteiger partial charge < -0.3 is 5.32 Å². The highest BCUT2D eigenvalue weighted by molar-refractivity contribution is 6.30. The van der Waals surface area contributed by atoms with Gasteiger partial charge in [0.05, 0.1) is 12.2 Å². The molecule has 0 unspecified atom stereocenters. The quantitative estimate of drug-likeness (QED) is 0.858. The van der Waals surface area contributed by atoms with Gasteiger partial charge in [0.1, 0.15) is 23.1 Å². The Bertz CT molecular complexity index is 529. The predicted molar refractivity (Wildman–Crippen MR) is 70.5 cm³/mol. The van der Waals surface area contributed by atoms with Gasteiger partial charge in [-0.25, -0.2) is 19.9 Å². The van der Waals surface area contributed by atoms with Crippen LogP contribution in [0.3, 0.4) is 0 Å². The van der Waals surface area contributed by atoms with Gasteiger partial charge in [-0.05, 0) is 13.0 Å². The smallest absolute Gasteiger partial charge is 0.137 e. The SMILES string of the molecule is CCc1nc(Cl)c(C)c(NCc2ccncn2)n1. The van der Waals surface area contributed by atoms with E-state index in [9.17, 15) is 0 Å². The van der Waals surface area contributed by atoms with Gasteiger partial charge in [-0.15, -0.1) is 0 Å². The fourth-order valence-corrected chi connectivity index (χ4v) is 1.65. The molecular weight excluding hydrogens is 250 g/mol. The van der Waals surface area contributed by atoms with E-state index in [1.165, 1.54) is 6.33 Å². The minimum atomic E-state index is 0.493. The van der Waals surface area contributed by atoms with Crippen molar-refractivity contribution < 1.29 is 0 Å². The Morgan fingerprint density at radius 3 is 2.83 bits per heavy atom. The molecule has 0 aliphatic rings. The Morgan fingerprint density at radius 2 is 2.17 bits per heavy atom. The molecule has 2 rings (SSSR count). The van der Waals surface area contributed by atoms with Gasteiger partial charge in [0.15, 0.2) is 0 Å². The molecule has 0 fully saturated rings. The number of anilines is 1. The second-order valence-corrected chi connectivity index (χ2v) is 4.17. The molecule has 0 aromatic carbocycles. The zero-order valence-electron chi connectivity index (χ0n) is 10.3. The maximum absolute atomic E-state index is 6.06. The lowest BCUT2D eigenvalue weighted by Crippen LogP contribution is -2.08. The summed E-state index contributed by atoms with van der Waals surface area (Å²) in [7, 11) is 0. The summed E-state index contributed by atoms with van der Waals surface area (Å²) in [6.45, 7) is 4.47. The third-order valence-electron chi connectivity index (χ3n) is 2.53. The highest BCUT2D eigenvalue weighted by Gasteiger charge is 2.08. The summed E-state index contributed by atoms with van der Waals surface area (Å²) in [5.41, 5.74) is 1.75. The van der Waals surface area contributed by atoms with E-state index in [0.29, 0.717) is 11.7 Å². The van der Waals surface area contributed by atoms with Crippen molar-refractivity contribution in [2.45, 2.75) is 26.8 Å². The van der Waals surface area contributed by atoms with Crippen molar-refractivity contribution in [2.75, 3.05) is 5.32 Å². The highest BCUT2D eigenvalue weighted by atomic mass is 35.5. The summed E-state index contributed by atoms with van der Waals surface area (Å²) in [4.78, 5) is 16.6. The van der Waals surface area contributed by atoms with Crippen LogP contribution in [0.1, 0.15) is 24.0 Å².